The number of fused-ring (bicyclic) bond motifs is 3. The number of Topliss-reactive ketones (excluding diaryl/α,β-unsaturated/α-hetero) is 1. The molecule has 1 fully saturated rings. The monoisotopic (exact) mass is 925 g/mol. The molecule has 1 aliphatic heterocycles. The summed E-state index contributed by atoms with van der Waals surface area (Å²) in [6, 6.07) is 3.53. The zero-order valence-corrected chi connectivity index (χ0v) is 40.5. The number of carbonyl (C=O) groups is 4. The first-order valence-corrected chi connectivity index (χ1v) is 23.6. The number of benzene rings is 2. The Bertz CT molecular complexity index is 2330. The fraction of sp³-hybridized carbons (Fsp3) is 0.519. The molecular formula is C54H71NO12. The number of aliphatic hydroxyl groups is 3. The van der Waals surface area contributed by atoms with E-state index in [1.54, 1.807) is 6.92 Å². The molecule has 13 heteroatoms. The number of phenolic OH excluding ortho intramolecular Hbond substituents is 2. The third-order valence-corrected chi connectivity index (χ3v) is 13.2. The van der Waals surface area contributed by atoms with Gasteiger partial charge in [-0.1, -0.05) is 70.4 Å². The molecule has 0 bridgehead atoms. The lowest BCUT2D eigenvalue weighted by Crippen LogP contribution is -2.55. The van der Waals surface area contributed by atoms with Crippen molar-refractivity contribution in [1.29, 1.82) is 0 Å². The summed E-state index contributed by atoms with van der Waals surface area (Å²) in [4.78, 5) is 54.1. The van der Waals surface area contributed by atoms with Crippen LogP contribution in [0.25, 0.3) is 0 Å². The number of ether oxygens (including phenoxy) is 3. The lowest BCUT2D eigenvalue weighted by molar-refractivity contribution is -0.249. The number of aliphatic hydroxyl groups excluding tert-OH is 2. The molecule has 2 aromatic rings. The zero-order valence-electron chi connectivity index (χ0n) is 40.5. The van der Waals surface area contributed by atoms with Crippen LogP contribution in [0.4, 0.5) is 0 Å². The molecule has 0 radical (unpaired) electrons. The van der Waals surface area contributed by atoms with Gasteiger partial charge in [0.25, 0.3) is 0 Å². The number of hydrogen-bond donors (Lipinski definition) is 6. The van der Waals surface area contributed by atoms with E-state index in [0.717, 1.165) is 56.9 Å². The number of ketones is 3. The highest BCUT2D eigenvalue weighted by atomic mass is 16.7. The second-order valence-electron chi connectivity index (χ2n) is 18.8. The van der Waals surface area contributed by atoms with Crippen molar-refractivity contribution in [2.24, 2.45) is 0 Å². The van der Waals surface area contributed by atoms with Crippen LogP contribution in [0.2, 0.25) is 0 Å². The van der Waals surface area contributed by atoms with Gasteiger partial charge >= 0.3 is 0 Å². The van der Waals surface area contributed by atoms with Crippen molar-refractivity contribution in [2.75, 3.05) is 13.7 Å². The Morgan fingerprint density at radius 1 is 0.791 bits per heavy atom. The van der Waals surface area contributed by atoms with Crippen molar-refractivity contribution < 1.29 is 58.9 Å². The molecule has 0 spiro atoms. The molecule has 13 nitrogen and oxygen atoms in total. The number of methoxy groups -OCH3 is 1. The second kappa shape index (κ2) is 23.7. The number of nitrogens with one attached hydrogen (secondary N) is 1. The maximum Gasteiger partial charge on any atom is 0.220 e. The highest BCUT2D eigenvalue weighted by Crippen LogP contribution is 2.52. The predicted molar refractivity (Wildman–Crippen MR) is 256 cm³/mol. The van der Waals surface area contributed by atoms with Crippen LogP contribution in [0.3, 0.4) is 0 Å². The van der Waals surface area contributed by atoms with Gasteiger partial charge in [0.05, 0.1) is 42.0 Å². The van der Waals surface area contributed by atoms with E-state index in [2.05, 4.69) is 70.3 Å². The summed E-state index contributed by atoms with van der Waals surface area (Å²) >= 11 is 0. The van der Waals surface area contributed by atoms with Crippen LogP contribution in [0.5, 0.6) is 17.2 Å². The van der Waals surface area contributed by atoms with Crippen molar-refractivity contribution in [3.63, 3.8) is 0 Å². The minimum atomic E-state index is -2.32. The Morgan fingerprint density at radius 3 is 1.94 bits per heavy atom. The molecule has 1 saturated heterocycles. The topological polar surface area (TPSA) is 209 Å². The molecule has 1 heterocycles. The van der Waals surface area contributed by atoms with Crippen molar-refractivity contribution in [3.8, 4) is 17.2 Å². The summed E-state index contributed by atoms with van der Waals surface area (Å²) in [5, 5.41) is 58.9. The van der Waals surface area contributed by atoms with E-state index < -0.39 is 95.7 Å². The number of allylic oxidation sites excluding steroid dienone is 10. The standard InChI is InChI=1S/C54H71NO12/c1-31(2)15-11-18-34(5)21-12-19-32(3)16-9-10-17-33(4)20-13-22-35(6)25-26-43(58)55-39-27-44(66-36(7)49(39)59)67-41-29-54(64,42(57)30-56)28-38-46(41)53(63)48-47(51(38)61)50(60)37-23-14-24-40(65-8)45(37)52(48)62/h14-17,21-24,36,39,41,44,49,56,59,61,63-64H,9-13,18-20,25-30H2,1-8H3,(H,55,58)/t36?,39?,41?,44?,49?,54-/m0/s1. The summed E-state index contributed by atoms with van der Waals surface area (Å²) in [7, 11) is 1.32. The maximum absolute atomic E-state index is 14.0. The molecule has 3 aliphatic rings. The highest BCUT2D eigenvalue weighted by molar-refractivity contribution is 6.31. The van der Waals surface area contributed by atoms with E-state index in [0.29, 0.717) is 6.42 Å². The predicted octanol–water partition coefficient (Wildman–Crippen LogP) is 8.81. The molecule has 5 rings (SSSR count). The van der Waals surface area contributed by atoms with Crippen LogP contribution in [0.1, 0.15) is 175 Å². The van der Waals surface area contributed by atoms with Gasteiger partial charge in [-0.05, 0) is 112 Å². The third-order valence-electron chi connectivity index (χ3n) is 13.2. The molecule has 5 unspecified atom stereocenters. The SMILES string of the molecule is COc1cccc2c1C(=O)c1c(O)c3c(c(O)c1C2=O)C[C@@](O)(C(=O)CO)CC3OC1CC(NC(=O)CCC(C)=CCCC(C)=CCCC=C(C)CCC=C(C)CCC=C(C)C)C(O)C(C)O1. The summed E-state index contributed by atoms with van der Waals surface area (Å²) in [5.41, 5.74) is 2.76. The lowest BCUT2D eigenvalue weighted by Gasteiger charge is -2.43. The van der Waals surface area contributed by atoms with Gasteiger partial charge in [0, 0.05) is 42.4 Å². The first kappa shape index (κ1) is 52.8. The molecule has 6 atom stereocenters. The molecule has 1 amide bonds. The number of unbranched alkanes of at least 4 members (excludes halogenated alkanes) is 1. The molecule has 6 N–H and O–H groups in total. The lowest BCUT2D eigenvalue weighted by atomic mass is 9.72. The normalized spacial score (nSPS) is 23.3. The number of carbonyl (C=O) groups excluding carboxylic acids is 4. The number of phenols is 2. The van der Waals surface area contributed by atoms with Gasteiger partial charge in [0.1, 0.15) is 35.6 Å². The highest BCUT2D eigenvalue weighted by Gasteiger charge is 2.50. The number of hydrogen-bond acceptors (Lipinski definition) is 12. The number of rotatable bonds is 21. The number of aromatic hydroxyl groups is 2. The Hall–Kier alpha value is -5.18. The van der Waals surface area contributed by atoms with Gasteiger partial charge in [-0.15, -0.1) is 0 Å². The van der Waals surface area contributed by atoms with Crippen molar-refractivity contribution in [2.45, 2.75) is 168 Å². The van der Waals surface area contributed by atoms with Crippen LogP contribution >= 0.6 is 0 Å². The van der Waals surface area contributed by atoms with Crippen LogP contribution in [-0.4, -0.2) is 92.6 Å². The first-order valence-electron chi connectivity index (χ1n) is 23.6. The third kappa shape index (κ3) is 13.1. The van der Waals surface area contributed by atoms with Crippen molar-refractivity contribution in [1.82, 2.24) is 5.32 Å². The minimum absolute atomic E-state index is 0.0712. The maximum atomic E-state index is 14.0. The summed E-state index contributed by atoms with van der Waals surface area (Å²) in [5.74, 6) is -4.23. The summed E-state index contributed by atoms with van der Waals surface area (Å²) in [6.45, 7) is 13.4. The van der Waals surface area contributed by atoms with E-state index in [9.17, 15) is 44.7 Å². The van der Waals surface area contributed by atoms with Crippen LogP contribution < -0.4 is 10.1 Å². The Balaban J connectivity index is 1.18. The minimum Gasteiger partial charge on any atom is -0.507 e. The van der Waals surface area contributed by atoms with Gasteiger partial charge in [0.2, 0.25) is 11.7 Å². The fourth-order valence-electron chi connectivity index (χ4n) is 9.20. The van der Waals surface area contributed by atoms with Crippen LogP contribution in [0, 0.1) is 0 Å². The molecular weight excluding hydrogens is 855 g/mol. The molecule has 67 heavy (non-hydrogen) atoms. The molecule has 364 valence electrons. The van der Waals surface area contributed by atoms with Crippen LogP contribution in [-0.2, 0) is 25.5 Å². The van der Waals surface area contributed by atoms with E-state index in [1.807, 2.05) is 6.92 Å². The van der Waals surface area contributed by atoms with E-state index in [1.165, 1.54) is 47.6 Å². The van der Waals surface area contributed by atoms with Crippen LogP contribution in [0.15, 0.2) is 76.4 Å². The Kier molecular flexibility index (Phi) is 18.7. The average Bonchev–Trinajstić information content (AvgIpc) is 3.28. The van der Waals surface area contributed by atoms with E-state index in [-0.39, 0.29) is 46.8 Å². The largest absolute Gasteiger partial charge is 0.507 e. The van der Waals surface area contributed by atoms with Crippen molar-refractivity contribution >= 4 is 23.3 Å². The molecule has 2 aromatic carbocycles. The fourth-order valence-corrected chi connectivity index (χ4v) is 9.20. The molecule has 0 aromatic heterocycles. The van der Waals surface area contributed by atoms with E-state index in [4.69, 9.17) is 14.2 Å². The Labute approximate surface area is 395 Å². The average molecular weight is 926 g/mol. The molecule has 2 aliphatic carbocycles. The first-order chi connectivity index (χ1) is 31.8. The summed E-state index contributed by atoms with van der Waals surface area (Å²) < 4.78 is 17.7. The van der Waals surface area contributed by atoms with Crippen molar-refractivity contribution in [3.05, 3.63) is 110 Å². The smallest absolute Gasteiger partial charge is 0.220 e. The summed E-state index contributed by atoms with van der Waals surface area (Å²) in [6.07, 6.45) is 14.4. The van der Waals surface area contributed by atoms with Gasteiger partial charge in [-0.2, -0.15) is 0 Å². The van der Waals surface area contributed by atoms with Gasteiger partial charge in [-0.25, -0.2) is 0 Å². The van der Waals surface area contributed by atoms with Gasteiger partial charge < -0.3 is 45.1 Å². The number of amides is 1. The van der Waals surface area contributed by atoms with Gasteiger partial charge in [-0.3, -0.25) is 19.2 Å². The quantitative estimate of drug-likeness (QED) is 0.0337. The Morgan fingerprint density at radius 2 is 1.36 bits per heavy atom. The van der Waals surface area contributed by atoms with Gasteiger partial charge in [0.15, 0.2) is 17.9 Å². The zero-order chi connectivity index (χ0) is 49.2. The molecule has 0 saturated carbocycles. The second-order valence-corrected chi connectivity index (χ2v) is 18.8. The van der Waals surface area contributed by atoms with E-state index >= 15 is 0 Å².